The molecule has 0 saturated heterocycles. The zero-order valence-electron chi connectivity index (χ0n) is 50.5. The molecule has 75 heavy (non-hydrogen) atoms. The predicted octanol–water partition coefficient (Wildman–Crippen LogP) is 19.6. The molecule has 0 aromatic rings. The van der Waals surface area contributed by atoms with Crippen molar-refractivity contribution in [3.05, 3.63) is 48.6 Å². The maximum absolute atomic E-state index is 13.0. The number of aliphatic hydroxyl groups is 1. The number of allylic oxidation sites excluding steroid dienone is 7. The summed E-state index contributed by atoms with van der Waals surface area (Å²) in [6, 6.07) is -0.906. The van der Waals surface area contributed by atoms with Gasteiger partial charge in [-0.3, -0.25) is 9.36 Å². The zero-order valence-corrected chi connectivity index (χ0v) is 51.4. The normalized spacial score (nSPS) is 14.1. The van der Waals surface area contributed by atoms with E-state index in [4.69, 9.17) is 9.05 Å². The van der Waals surface area contributed by atoms with E-state index in [9.17, 15) is 19.4 Å². The van der Waals surface area contributed by atoms with Gasteiger partial charge >= 0.3 is 0 Å². The van der Waals surface area contributed by atoms with Gasteiger partial charge in [0.05, 0.1) is 39.9 Å². The number of hydrogen-bond acceptors (Lipinski definition) is 6. The van der Waals surface area contributed by atoms with Gasteiger partial charge in [0, 0.05) is 6.42 Å². The molecule has 0 aromatic carbocycles. The van der Waals surface area contributed by atoms with Crippen molar-refractivity contribution in [2.45, 2.75) is 328 Å². The lowest BCUT2D eigenvalue weighted by molar-refractivity contribution is -0.870. The number of rotatable bonds is 60. The fourth-order valence-electron chi connectivity index (χ4n) is 9.67. The van der Waals surface area contributed by atoms with Crippen LogP contribution in [0.5, 0.6) is 0 Å². The molecule has 0 heterocycles. The summed E-state index contributed by atoms with van der Waals surface area (Å²) in [6.45, 7) is 4.66. The van der Waals surface area contributed by atoms with Crippen LogP contribution in [0.15, 0.2) is 48.6 Å². The highest BCUT2D eigenvalue weighted by atomic mass is 31.2. The minimum absolute atomic E-state index is 0.00647. The summed E-state index contributed by atoms with van der Waals surface area (Å²) in [4.78, 5) is 25.6. The van der Waals surface area contributed by atoms with Gasteiger partial charge in [-0.1, -0.05) is 294 Å². The van der Waals surface area contributed by atoms with Crippen LogP contribution in [-0.2, 0) is 18.4 Å². The molecular weight excluding hydrogens is 948 g/mol. The highest BCUT2D eigenvalue weighted by Crippen LogP contribution is 2.38. The standard InChI is InChI=1S/C66H127N2O6P/c1-6-8-10-12-14-16-18-20-22-24-26-28-30-32-33-34-36-37-39-41-43-45-47-49-51-53-55-57-59-65(69)64(63-74-75(71,72)73-62-61-68(3,4)5)67-66(70)60-58-56-54-52-50-48-46-44-42-40-38-35-31-29-27-25-23-21-19-17-15-13-11-9-7-2/h19,21,25,27,49,51,57,59,64-65,69H,6-18,20,22-24,26,28-48,50,52-56,58,60-63H2,1-5H3,(H-,67,70,71,72)/b21-19-,27-25-,51-49+,59-57+. The van der Waals surface area contributed by atoms with Crippen LogP contribution in [0.3, 0.4) is 0 Å². The Labute approximate surface area is 467 Å². The number of aliphatic hydroxyl groups excluding tert-OH is 1. The third-order valence-electron chi connectivity index (χ3n) is 14.8. The van der Waals surface area contributed by atoms with E-state index in [1.165, 1.54) is 250 Å². The lowest BCUT2D eigenvalue weighted by atomic mass is 10.0. The Balaban J connectivity index is 4.16. The maximum Gasteiger partial charge on any atom is 0.268 e. The molecule has 0 saturated carbocycles. The highest BCUT2D eigenvalue weighted by Gasteiger charge is 2.23. The van der Waals surface area contributed by atoms with Crippen molar-refractivity contribution in [3.8, 4) is 0 Å². The quantitative estimate of drug-likeness (QED) is 0.0272. The van der Waals surface area contributed by atoms with Gasteiger partial charge in [0.1, 0.15) is 13.2 Å². The Bertz CT molecular complexity index is 1360. The molecule has 1 amide bonds. The molecule has 9 heteroatoms. The highest BCUT2D eigenvalue weighted by molar-refractivity contribution is 7.45. The first-order valence-corrected chi connectivity index (χ1v) is 34.0. The summed E-state index contributed by atoms with van der Waals surface area (Å²) >= 11 is 0. The third kappa shape index (κ3) is 60.0. The van der Waals surface area contributed by atoms with E-state index in [2.05, 4.69) is 55.6 Å². The van der Waals surface area contributed by atoms with E-state index in [1.807, 2.05) is 27.2 Å². The van der Waals surface area contributed by atoms with Crippen LogP contribution < -0.4 is 10.2 Å². The van der Waals surface area contributed by atoms with Crippen LogP contribution in [0.1, 0.15) is 316 Å². The van der Waals surface area contributed by atoms with Crippen LogP contribution in [0, 0.1) is 0 Å². The summed E-state index contributed by atoms with van der Waals surface area (Å²) in [5.41, 5.74) is 0. The van der Waals surface area contributed by atoms with Gasteiger partial charge in [-0.15, -0.1) is 0 Å². The van der Waals surface area contributed by atoms with Gasteiger partial charge in [0.2, 0.25) is 5.91 Å². The van der Waals surface area contributed by atoms with Crippen molar-refractivity contribution < 1.29 is 32.9 Å². The van der Waals surface area contributed by atoms with Gasteiger partial charge in [-0.05, 0) is 64.2 Å². The number of unbranched alkanes of at least 4 members (excludes halogenated alkanes) is 41. The third-order valence-corrected chi connectivity index (χ3v) is 15.7. The number of hydrogen-bond donors (Lipinski definition) is 2. The van der Waals surface area contributed by atoms with Crippen molar-refractivity contribution in [1.82, 2.24) is 5.32 Å². The molecule has 0 aliphatic carbocycles. The van der Waals surface area contributed by atoms with Crippen molar-refractivity contribution in [1.29, 1.82) is 0 Å². The first-order valence-electron chi connectivity index (χ1n) is 32.5. The monoisotopic (exact) mass is 1070 g/mol. The van der Waals surface area contributed by atoms with Crippen LogP contribution in [0.25, 0.3) is 0 Å². The largest absolute Gasteiger partial charge is 0.756 e. The minimum Gasteiger partial charge on any atom is -0.756 e. The average molecular weight is 1080 g/mol. The molecule has 3 unspecified atom stereocenters. The molecule has 2 N–H and O–H groups in total. The van der Waals surface area contributed by atoms with E-state index >= 15 is 0 Å². The second kappa shape index (κ2) is 57.2. The first-order chi connectivity index (χ1) is 36.5. The molecule has 0 fully saturated rings. The number of likely N-dealkylation sites (N-methyl/N-ethyl adjacent to an activating group) is 1. The Morgan fingerprint density at radius 3 is 1.16 bits per heavy atom. The minimum atomic E-state index is -4.61. The molecule has 0 aromatic heterocycles. The molecule has 8 nitrogen and oxygen atoms in total. The van der Waals surface area contributed by atoms with Crippen LogP contribution in [0.2, 0.25) is 0 Å². The van der Waals surface area contributed by atoms with Gasteiger partial charge < -0.3 is 28.8 Å². The fraction of sp³-hybridized carbons (Fsp3) is 0.864. The van der Waals surface area contributed by atoms with Crippen LogP contribution >= 0.6 is 7.82 Å². The number of nitrogens with zero attached hydrogens (tertiary/aromatic N) is 1. The van der Waals surface area contributed by atoms with E-state index in [0.717, 1.165) is 44.9 Å². The Kier molecular flexibility index (Phi) is 56.0. The lowest BCUT2D eigenvalue weighted by Gasteiger charge is -2.29. The van der Waals surface area contributed by atoms with E-state index < -0.39 is 26.6 Å². The summed E-state index contributed by atoms with van der Waals surface area (Å²) in [6.07, 6.45) is 76.4. The molecule has 0 rings (SSSR count). The average Bonchev–Trinajstić information content (AvgIpc) is 3.37. The van der Waals surface area contributed by atoms with Crippen molar-refractivity contribution in [2.75, 3.05) is 40.9 Å². The maximum atomic E-state index is 13.0. The van der Waals surface area contributed by atoms with Gasteiger partial charge in [0.25, 0.3) is 7.82 Å². The van der Waals surface area contributed by atoms with E-state index in [-0.39, 0.29) is 12.5 Å². The number of quaternary nitrogens is 1. The second-order valence-corrected chi connectivity index (χ2v) is 24.9. The predicted molar refractivity (Wildman–Crippen MR) is 325 cm³/mol. The van der Waals surface area contributed by atoms with Crippen molar-refractivity contribution >= 4 is 13.7 Å². The molecule has 442 valence electrons. The van der Waals surface area contributed by atoms with Crippen LogP contribution in [0.4, 0.5) is 0 Å². The summed E-state index contributed by atoms with van der Waals surface area (Å²) in [5, 5.41) is 13.9. The van der Waals surface area contributed by atoms with E-state index in [1.54, 1.807) is 6.08 Å². The Morgan fingerprint density at radius 1 is 0.467 bits per heavy atom. The van der Waals surface area contributed by atoms with Gasteiger partial charge in [-0.2, -0.15) is 0 Å². The molecule has 0 aliphatic heterocycles. The van der Waals surface area contributed by atoms with E-state index in [0.29, 0.717) is 17.4 Å². The summed E-state index contributed by atoms with van der Waals surface area (Å²) in [7, 11) is 1.25. The summed E-state index contributed by atoms with van der Waals surface area (Å²) in [5.74, 6) is -0.205. The fourth-order valence-corrected chi connectivity index (χ4v) is 10.4. The summed E-state index contributed by atoms with van der Waals surface area (Å²) < 4.78 is 23.4. The molecule has 0 bridgehead atoms. The second-order valence-electron chi connectivity index (χ2n) is 23.5. The zero-order chi connectivity index (χ0) is 54.9. The Hall–Kier alpha value is -1.54. The molecule has 0 radical (unpaired) electrons. The number of carbonyl (C=O) groups is 1. The van der Waals surface area contributed by atoms with Crippen molar-refractivity contribution in [3.63, 3.8) is 0 Å². The molecular formula is C66H127N2O6P. The van der Waals surface area contributed by atoms with Gasteiger partial charge in [-0.25, -0.2) is 0 Å². The molecule has 3 atom stereocenters. The topological polar surface area (TPSA) is 108 Å². The lowest BCUT2D eigenvalue weighted by Crippen LogP contribution is -2.45. The molecule has 0 aliphatic rings. The smallest absolute Gasteiger partial charge is 0.268 e. The SMILES string of the molecule is CCCCCCC/C=C\C/C=C\CCCCCCCCCCCCCCCC(=O)NC(COP(=O)([O-])OCC[N+](C)(C)C)C(O)/C=C/CC/C=C/CCCCCCCCCCCCCCCCCCCCCCCC. The van der Waals surface area contributed by atoms with Gasteiger partial charge in [0.15, 0.2) is 0 Å². The number of phosphoric acid groups is 1. The van der Waals surface area contributed by atoms with Crippen LogP contribution in [-0.4, -0.2) is 68.5 Å². The number of carbonyl (C=O) groups excluding carboxylic acids is 1. The Morgan fingerprint density at radius 2 is 0.787 bits per heavy atom. The number of amides is 1. The van der Waals surface area contributed by atoms with Crippen molar-refractivity contribution in [2.24, 2.45) is 0 Å². The number of nitrogens with one attached hydrogen (secondary N) is 1. The number of phosphoric ester groups is 1. The first kappa shape index (κ1) is 73.5. The molecule has 0 spiro atoms.